The third-order valence-electron chi connectivity index (χ3n) is 2.84. The van der Waals surface area contributed by atoms with E-state index in [1.165, 1.54) is 18.9 Å². The maximum Gasteiger partial charge on any atom is 0.339 e. The van der Waals surface area contributed by atoms with E-state index in [2.05, 4.69) is 22.1 Å². The normalized spacial score (nSPS) is 10.1. The van der Waals surface area contributed by atoms with Crippen LogP contribution in [0.15, 0.2) is 48.4 Å². The lowest BCUT2D eigenvalue weighted by atomic mass is 10.2. The fraction of sp³-hybridized carbons (Fsp3) is 0.200. The molecule has 0 unspecified atom stereocenters. The predicted octanol–water partition coefficient (Wildman–Crippen LogP) is 1.98. The standard InChI is InChI=1S/C15H16N4O3S/c1-3-8-19-10-16-18-15(19)23-9-13(20)17-12-7-5-4-6-11(12)14(21)22-2/h3-7,10H,1,8-9H2,2H3,(H,17,20). The van der Waals surface area contributed by atoms with Crippen LogP contribution in [-0.2, 0) is 16.1 Å². The van der Waals surface area contributed by atoms with E-state index in [-0.39, 0.29) is 11.7 Å². The number of aromatic nitrogens is 3. The molecule has 0 bridgehead atoms. The molecule has 8 heteroatoms. The molecule has 120 valence electrons. The van der Waals surface area contributed by atoms with E-state index in [0.29, 0.717) is 23.0 Å². The van der Waals surface area contributed by atoms with Crippen molar-refractivity contribution in [3.05, 3.63) is 48.8 Å². The molecular formula is C15H16N4O3S. The van der Waals surface area contributed by atoms with Gasteiger partial charge in [0.2, 0.25) is 5.91 Å². The van der Waals surface area contributed by atoms with Crippen LogP contribution in [0.5, 0.6) is 0 Å². The second-order valence-electron chi connectivity index (χ2n) is 4.43. The number of nitrogens with one attached hydrogen (secondary N) is 1. The second-order valence-corrected chi connectivity index (χ2v) is 5.37. The third-order valence-corrected chi connectivity index (χ3v) is 3.83. The summed E-state index contributed by atoms with van der Waals surface area (Å²) in [5.41, 5.74) is 0.723. The summed E-state index contributed by atoms with van der Waals surface area (Å²) in [6.07, 6.45) is 3.30. The number of amides is 1. The highest BCUT2D eigenvalue weighted by molar-refractivity contribution is 7.99. The van der Waals surface area contributed by atoms with Gasteiger partial charge >= 0.3 is 5.97 Å². The highest BCUT2D eigenvalue weighted by Crippen LogP contribution is 2.18. The number of para-hydroxylation sites is 1. The number of methoxy groups -OCH3 is 1. The van der Waals surface area contributed by atoms with Crippen LogP contribution in [0, 0.1) is 0 Å². The molecule has 0 fully saturated rings. The van der Waals surface area contributed by atoms with E-state index in [1.54, 1.807) is 41.2 Å². The number of benzene rings is 1. The molecule has 1 heterocycles. The van der Waals surface area contributed by atoms with Gasteiger partial charge in [0.05, 0.1) is 24.1 Å². The van der Waals surface area contributed by atoms with Crippen molar-refractivity contribution in [3.8, 4) is 0 Å². The molecule has 2 aromatic rings. The molecule has 1 aromatic heterocycles. The Labute approximate surface area is 137 Å². The molecule has 2 rings (SSSR count). The first-order chi connectivity index (χ1) is 11.2. The lowest BCUT2D eigenvalue weighted by Gasteiger charge is -2.09. The van der Waals surface area contributed by atoms with Gasteiger partial charge < -0.3 is 14.6 Å². The molecular weight excluding hydrogens is 316 g/mol. The smallest absolute Gasteiger partial charge is 0.339 e. The second kappa shape index (κ2) is 8.14. The molecule has 7 nitrogen and oxygen atoms in total. The maximum atomic E-state index is 12.1. The van der Waals surface area contributed by atoms with E-state index in [9.17, 15) is 9.59 Å². The van der Waals surface area contributed by atoms with Crippen molar-refractivity contribution >= 4 is 29.3 Å². The SMILES string of the molecule is C=CCn1cnnc1SCC(=O)Nc1ccccc1C(=O)OC. The summed E-state index contributed by atoms with van der Waals surface area (Å²) < 4.78 is 6.48. The zero-order valence-electron chi connectivity index (χ0n) is 12.6. The molecule has 0 radical (unpaired) electrons. The van der Waals surface area contributed by atoms with Gasteiger partial charge in [-0.1, -0.05) is 30.0 Å². The summed E-state index contributed by atoms with van der Waals surface area (Å²) in [5, 5.41) is 11.1. The Morgan fingerprint density at radius 2 is 2.22 bits per heavy atom. The van der Waals surface area contributed by atoms with Crippen LogP contribution < -0.4 is 5.32 Å². The summed E-state index contributed by atoms with van der Waals surface area (Å²) in [6.45, 7) is 4.22. The highest BCUT2D eigenvalue weighted by atomic mass is 32.2. The topological polar surface area (TPSA) is 86.1 Å². The highest BCUT2D eigenvalue weighted by Gasteiger charge is 2.14. The van der Waals surface area contributed by atoms with Crippen LogP contribution in [0.4, 0.5) is 5.69 Å². The van der Waals surface area contributed by atoms with Crippen molar-refractivity contribution in [1.82, 2.24) is 14.8 Å². The molecule has 0 aliphatic rings. The third kappa shape index (κ3) is 4.43. The van der Waals surface area contributed by atoms with E-state index in [4.69, 9.17) is 4.74 Å². The Balaban J connectivity index is 1.99. The molecule has 1 aromatic carbocycles. The number of hydrogen-bond acceptors (Lipinski definition) is 6. The molecule has 0 aliphatic carbocycles. The minimum absolute atomic E-state index is 0.144. The first-order valence-electron chi connectivity index (χ1n) is 6.74. The summed E-state index contributed by atoms with van der Waals surface area (Å²) in [4.78, 5) is 23.7. The van der Waals surface area contributed by atoms with Gasteiger partial charge in [-0.05, 0) is 12.1 Å². The predicted molar refractivity (Wildman–Crippen MR) is 87.4 cm³/mol. The van der Waals surface area contributed by atoms with Crippen LogP contribution in [0.3, 0.4) is 0 Å². The van der Waals surface area contributed by atoms with Gasteiger partial charge in [-0.2, -0.15) is 0 Å². The fourth-order valence-corrected chi connectivity index (χ4v) is 2.54. The summed E-state index contributed by atoms with van der Waals surface area (Å²) in [6, 6.07) is 6.68. The average molecular weight is 332 g/mol. The molecule has 1 N–H and O–H groups in total. The lowest BCUT2D eigenvalue weighted by molar-refractivity contribution is -0.113. The van der Waals surface area contributed by atoms with Crippen molar-refractivity contribution in [2.24, 2.45) is 0 Å². The zero-order valence-corrected chi connectivity index (χ0v) is 13.4. The van der Waals surface area contributed by atoms with Crippen LogP contribution >= 0.6 is 11.8 Å². The lowest BCUT2D eigenvalue weighted by Crippen LogP contribution is -2.17. The number of carbonyl (C=O) groups is 2. The average Bonchev–Trinajstić information content (AvgIpc) is 3.00. The maximum absolute atomic E-state index is 12.1. The Bertz CT molecular complexity index is 714. The number of rotatable bonds is 7. The Morgan fingerprint density at radius 1 is 1.43 bits per heavy atom. The quantitative estimate of drug-likeness (QED) is 0.474. The van der Waals surface area contributed by atoms with E-state index in [1.807, 2.05) is 0 Å². The van der Waals surface area contributed by atoms with Gasteiger partial charge in [0.15, 0.2) is 5.16 Å². The van der Waals surface area contributed by atoms with Crippen molar-refractivity contribution in [1.29, 1.82) is 0 Å². The van der Waals surface area contributed by atoms with E-state index >= 15 is 0 Å². The van der Waals surface area contributed by atoms with Crippen molar-refractivity contribution in [2.45, 2.75) is 11.7 Å². The number of nitrogens with zero attached hydrogens (tertiary/aromatic N) is 3. The van der Waals surface area contributed by atoms with Gasteiger partial charge in [-0.15, -0.1) is 16.8 Å². The van der Waals surface area contributed by atoms with Gasteiger partial charge in [0.1, 0.15) is 6.33 Å². The Kier molecular flexibility index (Phi) is 5.93. The van der Waals surface area contributed by atoms with E-state index < -0.39 is 5.97 Å². The number of thioether (sulfide) groups is 1. The molecule has 0 aliphatic heterocycles. The molecule has 0 atom stereocenters. The molecule has 0 spiro atoms. The number of allylic oxidation sites excluding steroid dienone is 1. The number of anilines is 1. The van der Waals surface area contributed by atoms with Gasteiger partial charge in [-0.25, -0.2) is 4.79 Å². The van der Waals surface area contributed by atoms with Crippen molar-refractivity contribution in [2.75, 3.05) is 18.2 Å². The minimum Gasteiger partial charge on any atom is -0.465 e. The summed E-state index contributed by atoms with van der Waals surface area (Å²) in [5.74, 6) is -0.607. The monoisotopic (exact) mass is 332 g/mol. The fourth-order valence-electron chi connectivity index (χ4n) is 1.82. The van der Waals surface area contributed by atoms with Crippen molar-refractivity contribution < 1.29 is 14.3 Å². The zero-order chi connectivity index (χ0) is 16.7. The van der Waals surface area contributed by atoms with Crippen LogP contribution in [0.1, 0.15) is 10.4 Å². The van der Waals surface area contributed by atoms with Gasteiger partial charge in [0.25, 0.3) is 0 Å². The first-order valence-corrected chi connectivity index (χ1v) is 7.73. The Morgan fingerprint density at radius 3 is 2.96 bits per heavy atom. The van der Waals surface area contributed by atoms with Crippen LogP contribution in [0.2, 0.25) is 0 Å². The van der Waals surface area contributed by atoms with Crippen LogP contribution in [0.25, 0.3) is 0 Å². The van der Waals surface area contributed by atoms with Gasteiger partial charge in [-0.3, -0.25) is 4.79 Å². The van der Waals surface area contributed by atoms with E-state index in [0.717, 1.165) is 0 Å². The minimum atomic E-state index is -0.501. The Hall–Kier alpha value is -2.61. The number of carbonyl (C=O) groups excluding carboxylic acids is 2. The molecule has 0 saturated carbocycles. The number of esters is 1. The first kappa shape index (κ1) is 16.8. The molecule has 1 amide bonds. The number of ether oxygens (including phenoxy) is 1. The summed E-state index contributed by atoms with van der Waals surface area (Å²) in [7, 11) is 1.29. The molecule has 0 saturated heterocycles. The molecule has 23 heavy (non-hydrogen) atoms. The van der Waals surface area contributed by atoms with Crippen LogP contribution in [-0.4, -0.2) is 39.5 Å². The summed E-state index contributed by atoms with van der Waals surface area (Å²) >= 11 is 1.25. The van der Waals surface area contributed by atoms with Crippen molar-refractivity contribution in [3.63, 3.8) is 0 Å². The van der Waals surface area contributed by atoms with Gasteiger partial charge in [0, 0.05) is 6.54 Å². The number of hydrogen-bond donors (Lipinski definition) is 1. The largest absolute Gasteiger partial charge is 0.465 e.